The summed E-state index contributed by atoms with van der Waals surface area (Å²) in [7, 11) is 0. The Kier molecular flexibility index (Phi) is 4.95. The van der Waals surface area contributed by atoms with Gasteiger partial charge in [0.25, 0.3) is 0 Å². The van der Waals surface area contributed by atoms with E-state index in [0.29, 0.717) is 21.5 Å². The number of benzene rings is 1. The number of halogens is 2. The van der Waals surface area contributed by atoms with Gasteiger partial charge in [-0.1, -0.05) is 26.7 Å². The summed E-state index contributed by atoms with van der Waals surface area (Å²) >= 11 is 3.22. The lowest BCUT2D eigenvalue weighted by Gasteiger charge is -2.32. The van der Waals surface area contributed by atoms with E-state index in [9.17, 15) is 4.39 Å². The van der Waals surface area contributed by atoms with E-state index in [1.165, 1.54) is 38.2 Å². The van der Waals surface area contributed by atoms with Crippen LogP contribution in [0.3, 0.4) is 0 Å². The summed E-state index contributed by atoms with van der Waals surface area (Å²) in [6.45, 7) is 5.49. The molecule has 0 aromatic heterocycles. The standard InChI is InChI=1S/C16H24BrFN2/c1-11(2)9-16(5-3-4-6-16)10-20-15-7-12(17)13(18)8-14(15)19/h7-8,11,20H,3-6,9-10,19H2,1-2H3. The van der Waals surface area contributed by atoms with Crippen LogP contribution in [-0.2, 0) is 0 Å². The van der Waals surface area contributed by atoms with Crippen molar-refractivity contribution in [1.82, 2.24) is 0 Å². The zero-order chi connectivity index (χ0) is 14.8. The van der Waals surface area contributed by atoms with E-state index in [4.69, 9.17) is 5.73 Å². The minimum Gasteiger partial charge on any atom is -0.397 e. The summed E-state index contributed by atoms with van der Waals surface area (Å²) < 4.78 is 13.9. The molecule has 20 heavy (non-hydrogen) atoms. The first-order chi connectivity index (χ1) is 9.42. The molecule has 0 spiro atoms. The number of nitrogens with one attached hydrogen (secondary N) is 1. The second-order valence-corrected chi connectivity index (χ2v) is 7.37. The Morgan fingerprint density at radius 1 is 1.35 bits per heavy atom. The zero-order valence-corrected chi connectivity index (χ0v) is 13.9. The molecule has 0 unspecified atom stereocenters. The Hall–Kier alpha value is -0.770. The highest BCUT2D eigenvalue weighted by Crippen LogP contribution is 2.43. The third-order valence-electron chi connectivity index (χ3n) is 4.25. The predicted molar refractivity (Wildman–Crippen MR) is 87.4 cm³/mol. The van der Waals surface area contributed by atoms with Crippen LogP contribution in [0, 0.1) is 17.2 Å². The van der Waals surface area contributed by atoms with Crippen molar-refractivity contribution in [2.75, 3.05) is 17.6 Å². The number of nitrogen functional groups attached to an aromatic ring is 1. The van der Waals surface area contributed by atoms with E-state index in [2.05, 4.69) is 35.1 Å². The van der Waals surface area contributed by atoms with Gasteiger partial charge in [0.1, 0.15) is 5.82 Å². The quantitative estimate of drug-likeness (QED) is 0.722. The van der Waals surface area contributed by atoms with Gasteiger partial charge in [-0.3, -0.25) is 0 Å². The molecule has 1 saturated carbocycles. The molecule has 2 rings (SSSR count). The lowest BCUT2D eigenvalue weighted by Crippen LogP contribution is -2.28. The predicted octanol–water partition coefficient (Wildman–Crippen LogP) is 5.19. The highest BCUT2D eigenvalue weighted by atomic mass is 79.9. The van der Waals surface area contributed by atoms with Gasteiger partial charge in [-0.15, -0.1) is 0 Å². The third-order valence-corrected chi connectivity index (χ3v) is 4.86. The molecular formula is C16H24BrFN2. The van der Waals surface area contributed by atoms with Gasteiger partial charge in [0, 0.05) is 12.6 Å². The number of hydrogen-bond donors (Lipinski definition) is 2. The van der Waals surface area contributed by atoms with Crippen LogP contribution in [0.4, 0.5) is 15.8 Å². The maximum atomic E-state index is 13.4. The molecule has 1 fully saturated rings. The van der Waals surface area contributed by atoms with Crippen LogP contribution in [0.5, 0.6) is 0 Å². The van der Waals surface area contributed by atoms with E-state index in [1.54, 1.807) is 6.07 Å². The number of hydrogen-bond acceptors (Lipinski definition) is 2. The lowest BCUT2D eigenvalue weighted by molar-refractivity contribution is 0.252. The van der Waals surface area contributed by atoms with Crippen LogP contribution in [0.2, 0.25) is 0 Å². The molecule has 112 valence electrons. The van der Waals surface area contributed by atoms with Crippen molar-refractivity contribution in [1.29, 1.82) is 0 Å². The van der Waals surface area contributed by atoms with Gasteiger partial charge >= 0.3 is 0 Å². The molecule has 0 amide bonds. The zero-order valence-electron chi connectivity index (χ0n) is 12.3. The molecule has 0 heterocycles. The molecule has 1 aliphatic carbocycles. The van der Waals surface area contributed by atoms with Gasteiger partial charge in [0.05, 0.1) is 15.8 Å². The Morgan fingerprint density at radius 2 is 2.00 bits per heavy atom. The Morgan fingerprint density at radius 3 is 2.60 bits per heavy atom. The molecule has 1 aliphatic rings. The van der Waals surface area contributed by atoms with Gasteiger partial charge in [-0.2, -0.15) is 0 Å². The topological polar surface area (TPSA) is 38.0 Å². The monoisotopic (exact) mass is 342 g/mol. The smallest absolute Gasteiger partial charge is 0.139 e. The second kappa shape index (κ2) is 6.33. The maximum Gasteiger partial charge on any atom is 0.139 e. The van der Waals surface area contributed by atoms with E-state index >= 15 is 0 Å². The molecule has 0 radical (unpaired) electrons. The average Bonchev–Trinajstić information content (AvgIpc) is 2.80. The highest BCUT2D eigenvalue weighted by Gasteiger charge is 2.34. The van der Waals surface area contributed by atoms with Crippen molar-refractivity contribution in [3.05, 3.63) is 22.4 Å². The number of anilines is 2. The van der Waals surface area contributed by atoms with Gasteiger partial charge < -0.3 is 11.1 Å². The molecule has 0 saturated heterocycles. The van der Waals surface area contributed by atoms with Crippen LogP contribution in [0.1, 0.15) is 46.0 Å². The van der Waals surface area contributed by atoms with Crippen molar-refractivity contribution in [2.24, 2.45) is 11.3 Å². The van der Waals surface area contributed by atoms with Crippen LogP contribution < -0.4 is 11.1 Å². The summed E-state index contributed by atoms with van der Waals surface area (Å²) in [4.78, 5) is 0. The average molecular weight is 343 g/mol. The molecule has 0 atom stereocenters. The van der Waals surface area contributed by atoms with E-state index < -0.39 is 0 Å². The fourth-order valence-electron chi connectivity index (χ4n) is 3.44. The molecule has 2 nitrogen and oxygen atoms in total. The minimum absolute atomic E-state index is 0.314. The summed E-state index contributed by atoms with van der Waals surface area (Å²) in [5.74, 6) is 0.387. The van der Waals surface area contributed by atoms with Crippen LogP contribution in [-0.4, -0.2) is 6.54 Å². The van der Waals surface area contributed by atoms with Crippen molar-refractivity contribution in [2.45, 2.75) is 46.0 Å². The molecular weight excluding hydrogens is 319 g/mol. The first kappa shape index (κ1) is 15.6. The van der Waals surface area contributed by atoms with E-state index in [1.807, 2.05) is 0 Å². The summed E-state index contributed by atoms with van der Waals surface area (Å²) in [5, 5.41) is 3.45. The second-order valence-electron chi connectivity index (χ2n) is 6.51. The minimum atomic E-state index is -0.314. The normalized spacial score (nSPS) is 17.6. The Balaban J connectivity index is 2.08. The molecule has 0 bridgehead atoms. The maximum absolute atomic E-state index is 13.4. The van der Waals surface area contributed by atoms with Gasteiger partial charge in [-0.05, 0) is 52.6 Å². The summed E-state index contributed by atoms with van der Waals surface area (Å²) in [5.41, 5.74) is 7.58. The number of rotatable bonds is 5. The molecule has 4 heteroatoms. The van der Waals surface area contributed by atoms with Crippen molar-refractivity contribution >= 4 is 27.3 Å². The van der Waals surface area contributed by atoms with Crippen LogP contribution in [0.25, 0.3) is 0 Å². The van der Waals surface area contributed by atoms with E-state index in [0.717, 1.165) is 12.2 Å². The first-order valence-corrected chi connectivity index (χ1v) is 8.20. The highest BCUT2D eigenvalue weighted by molar-refractivity contribution is 9.10. The molecule has 1 aromatic carbocycles. The molecule has 3 N–H and O–H groups in total. The van der Waals surface area contributed by atoms with Crippen molar-refractivity contribution in [3.8, 4) is 0 Å². The largest absolute Gasteiger partial charge is 0.397 e. The third kappa shape index (κ3) is 3.66. The number of nitrogens with two attached hydrogens (primary N) is 1. The van der Waals surface area contributed by atoms with Crippen LogP contribution in [0.15, 0.2) is 16.6 Å². The van der Waals surface area contributed by atoms with Crippen molar-refractivity contribution in [3.63, 3.8) is 0 Å². The van der Waals surface area contributed by atoms with Crippen molar-refractivity contribution < 1.29 is 4.39 Å². The fraction of sp³-hybridized carbons (Fsp3) is 0.625. The van der Waals surface area contributed by atoms with E-state index in [-0.39, 0.29) is 5.82 Å². The summed E-state index contributed by atoms with van der Waals surface area (Å²) in [6.07, 6.45) is 6.43. The van der Waals surface area contributed by atoms with Gasteiger partial charge in [0.15, 0.2) is 0 Å². The van der Waals surface area contributed by atoms with Gasteiger partial charge in [-0.25, -0.2) is 4.39 Å². The summed E-state index contributed by atoms with van der Waals surface area (Å²) in [6, 6.07) is 3.11. The SMILES string of the molecule is CC(C)CC1(CNc2cc(Br)c(F)cc2N)CCCC1. The lowest BCUT2D eigenvalue weighted by atomic mass is 9.78. The van der Waals surface area contributed by atoms with Gasteiger partial charge in [0.2, 0.25) is 0 Å². The Bertz CT molecular complexity index is 468. The fourth-order valence-corrected chi connectivity index (χ4v) is 3.79. The molecule has 0 aliphatic heterocycles. The Labute approximate surface area is 129 Å². The first-order valence-electron chi connectivity index (χ1n) is 7.40. The van der Waals surface area contributed by atoms with Crippen LogP contribution >= 0.6 is 15.9 Å². The molecule has 1 aromatic rings.